The molecule has 1 nitrogen and oxygen atoms in total. The Kier molecular flexibility index (Phi) is 8.22. The minimum absolute atomic E-state index is 0. The van der Waals surface area contributed by atoms with E-state index in [-0.39, 0.29) is 10.7 Å². The zero-order valence-electron chi connectivity index (χ0n) is 15.1. The Labute approximate surface area is 164 Å². The van der Waals surface area contributed by atoms with E-state index in [0.717, 1.165) is 6.42 Å². The van der Waals surface area contributed by atoms with E-state index in [9.17, 15) is 12.9 Å². The normalized spacial score (nSPS) is 17.2. The quantitative estimate of drug-likeness (QED) is 0.379. The zero-order chi connectivity index (χ0) is 19.2. The van der Waals surface area contributed by atoms with Crippen LogP contribution >= 0.6 is 7.92 Å². The first-order valence-electron chi connectivity index (χ1n) is 8.73. The van der Waals surface area contributed by atoms with Crippen molar-refractivity contribution in [2.45, 2.75) is 18.1 Å². The molecule has 0 heterocycles. The minimum atomic E-state index is -3.67. The second kappa shape index (κ2) is 10.4. The van der Waals surface area contributed by atoms with Gasteiger partial charge in [0.25, 0.3) is 0 Å². The van der Waals surface area contributed by atoms with Crippen molar-refractivity contribution in [1.29, 1.82) is 0 Å². The van der Waals surface area contributed by atoms with Gasteiger partial charge in [-0.3, -0.25) is 17.7 Å². The molecule has 28 heavy (non-hydrogen) atoms. The Morgan fingerprint density at radius 2 is 1.18 bits per heavy atom. The largest absolute Gasteiger partial charge is 0.762 e. The monoisotopic (exact) mass is 405 g/mol. The molecule has 0 amide bonds. The van der Waals surface area contributed by atoms with E-state index in [1.54, 1.807) is 0 Å². The first-order valence-corrected chi connectivity index (χ1v) is 10.1. The molecule has 4 rings (SSSR count). The van der Waals surface area contributed by atoms with E-state index in [4.69, 9.17) is 5.73 Å². The fraction of sp³-hybridized carbons (Fsp3) is 0.143. The highest BCUT2D eigenvalue weighted by Gasteiger charge is 2.36. The molecule has 2 atom stereocenters. The molecule has 0 radical (unpaired) electrons. The van der Waals surface area contributed by atoms with Crippen LogP contribution < -0.4 is 16.3 Å². The van der Waals surface area contributed by atoms with Crippen LogP contribution in [0.3, 0.4) is 0 Å². The Morgan fingerprint density at radius 3 is 1.64 bits per heavy atom. The molecule has 2 N–H and O–H groups in total. The van der Waals surface area contributed by atoms with Crippen molar-refractivity contribution >= 4 is 26.1 Å². The molecule has 7 heteroatoms. The smallest absolute Gasteiger partial charge is 0.323 e. The molecule has 146 valence electrons. The molecular formula is C21H21BF4NP. The van der Waals surface area contributed by atoms with E-state index >= 15 is 0 Å². The second-order valence-electron chi connectivity index (χ2n) is 6.28. The topological polar surface area (TPSA) is 26.0 Å². The summed E-state index contributed by atoms with van der Waals surface area (Å²) in [6.45, 7) is 0. The number of rotatable bonds is 3. The van der Waals surface area contributed by atoms with E-state index in [1.165, 1.54) is 21.7 Å². The van der Waals surface area contributed by atoms with Crippen LogP contribution in [0.5, 0.6) is 0 Å². The maximum absolute atomic E-state index is 9.67. The van der Waals surface area contributed by atoms with Crippen molar-refractivity contribution in [3.05, 3.63) is 96.1 Å². The van der Waals surface area contributed by atoms with Crippen molar-refractivity contribution in [2.24, 2.45) is 5.73 Å². The predicted molar refractivity (Wildman–Crippen MR) is 112 cm³/mol. The van der Waals surface area contributed by atoms with Gasteiger partial charge in [-0.1, -0.05) is 84.9 Å². The van der Waals surface area contributed by atoms with Crippen LogP contribution in [0.1, 0.15) is 17.2 Å². The molecule has 0 aromatic heterocycles. The lowest BCUT2D eigenvalue weighted by molar-refractivity contribution is 0.535. The molecule has 1 aliphatic rings. The third-order valence-electron chi connectivity index (χ3n) is 4.66. The summed E-state index contributed by atoms with van der Waals surface area (Å²) < 4.78 is 29.0. The van der Waals surface area contributed by atoms with Crippen molar-refractivity contribution in [2.75, 3.05) is 0 Å². The van der Waals surface area contributed by atoms with Gasteiger partial charge in [-0.25, -0.2) is 0 Å². The van der Waals surface area contributed by atoms with Gasteiger partial charge in [0.2, 0.25) is 0 Å². The third kappa shape index (κ3) is 5.21. The fourth-order valence-electron chi connectivity index (χ4n) is 3.57. The molecule has 0 aliphatic heterocycles. The number of halogens is 4. The average Bonchev–Trinajstić information content (AvgIpc) is 3.00. The highest BCUT2D eigenvalue weighted by atomic mass is 31.1. The molecule has 3 aromatic rings. The highest BCUT2D eigenvalue weighted by Crippen LogP contribution is 2.50. The van der Waals surface area contributed by atoms with Crippen molar-refractivity contribution < 1.29 is 17.7 Å². The van der Waals surface area contributed by atoms with Crippen LogP contribution in [0.2, 0.25) is 0 Å². The van der Waals surface area contributed by atoms with Gasteiger partial charge >= 0.3 is 7.54 Å². The van der Waals surface area contributed by atoms with Crippen molar-refractivity contribution in [1.82, 2.24) is 0 Å². The van der Waals surface area contributed by atoms with Gasteiger partial charge in [-0.2, -0.15) is 0 Å². The van der Waals surface area contributed by atoms with Gasteiger partial charge in [-0.15, -0.1) is 0 Å². The van der Waals surface area contributed by atoms with E-state index in [2.05, 4.69) is 84.9 Å². The highest BCUT2D eigenvalue weighted by molar-refractivity contribution is 7.73. The van der Waals surface area contributed by atoms with Crippen LogP contribution in [0.25, 0.3) is 0 Å². The van der Waals surface area contributed by atoms with E-state index < -0.39 is 15.5 Å². The summed E-state index contributed by atoms with van der Waals surface area (Å²) in [4.78, 5) is 0. The van der Waals surface area contributed by atoms with Crippen LogP contribution in [0.4, 0.5) is 17.7 Å². The number of hydrogen-bond acceptors (Lipinski definition) is 1. The fourth-order valence-corrected chi connectivity index (χ4v) is 6.48. The first-order chi connectivity index (χ1) is 13.1. The molecule has 0 fully saturated rings. The predicted octanol–water partition coefficient (Wildman–Crippen LogP) is 4.78. The molecule has 1 aliphatic carbocycles. The number of fused-ring (bicyclic) bond motifs is 1. The average molecular weight is 405 g/mol. The maximum Gasteiger partial charge on any atom is 0.762 e. The molecule has 3 aromatic carbocycles. The summed E-state index contributed by atoms with van der Waals surface area (Å²) in [5.41, 5.74) is 9.90. The Hall–Kier alpha value is -2.17. The second-order valence-corrected chi connectivity index (χ2v) is 8.72. The molecule has 0 spiro atoms. The summed E-state index contributed by atoms with van der Waals surface area (Å²) in [6, 6.07) is 30.6. The van der Waals surface area contributed by atoms with Gasteiger partial charge in [0, 0.05) is 11.7 Å². The van der Waals surface area contributed by atoms with Crippen LogP contribution in [-0.4, -0.2) is 13.2 Å². The summed E-state index contributed by atoms with van der Waals surface area (Å²) >= 11 is 0. The number of benzene rings is 3. The Morgan fingerprint density at radius 1 is 0.750 bits per heavy atom. The summed E-state index contributed by atoms with van der Waals surface area (Å²) in [5.74, 6) is 0. The summed E-state index contributed by atoms with van der Waals surface area (Å²) in [6.07, 6.45) is 1.08. The molecule has 0 saturated carbocycles. The van der Waals surface area contributed by atoms with E-state index in [0.29, 0.717) is 5.66 Å². The van der Waals surface area contributed by atoms with Gasteiger partial charge in [0.05, 0.1) is 0 Å². The number of hydrogen-bond donors (Lipinski definition) is 1. The van der Waals surface area contributed by atoms with E-state index in [1.807, 2.05) is 0 Å². The van der Waals surface area contributed by atoms with Gasteiger partial charge < -0.3 is 5.73 Å². The van der Waals surface area contributed by atoms with Crippen molar-refractivity contribution in [3.63, 3.8) is 0 Å². The summed E-state index contributed by atoms with van der Waals surface area (Å²) in [5, 5.41) is 2.84. The lowest BCUT2D eigenvalue weighted by Gasteiger charge is -2.28. The standard InChI is InChI=1S/C21H20NP.BF3.FH/c22-21-19-14-8-7-9-16(19)15-20(21)23(17-10-3-1-4-11-17)18-12-5-2-6-13-18;2-1(3)4;/h1-14,20-21H,15,22H2;;1H/t20-,21-;;/m0../s1. The Balaban J connectivity index is 0.000000515. The SMILES string of the molecule is F.FB(F)F.N[C@H]1c2ccccc2C[C@@H]1P(c1ccccc1)c1ccccc1. The molecule has 0 bridgehead atoms. The van der Waals surface area contributed by atoms with Gasteiger partial charge in [0.15, 0.2) is 0 Å². The molecule has 0 saturated heterocycles. The minimum Gasteiger partial charge on any atom is -0.323 e. The zero-order valence-corrected chi connectivity index (χ0v) is 16.0. The first kappa shape index (κ1) is 22.1. The van der Waals surface area contributed by atoms with Crippen LogP contribution in [0.15, 0.2) is 84.9 Å². The lowest BCUT2D eigenvalue weighted by Crippen LogP contribution is -2.28. The van der Waals surface area contributed by atoms with Gasteiger partial charge in [-0.05, 0) is 36.1 Å². The summed E-state index contributed by atoms with van der Waals surface area (Å²) in [7, 11) is -4.13. The number of nitrogens with two attached hydrogens (primary N) is 1. The maximum atomic E-state index is 9.67. The lowest BCUT2D eigenvalue weighted by atomic mass is 10.1. The third-order valence-corrected chi connectivity index (χ3v) is 7.53. The molecular weight excluding hydrogens is 384 g/mol. The van der Waals surface area contributed by atoms with Gasteiger partial charge in [0.1, 0.15) is 0 Å². The Bertz CT molecular complexity index is 809. The van der Waals surface area contributed by atoms with Crippen molar-refractivity contribution in [3.8, 4) is 0 Å². The van der Waals surface area contributed by atoms with Crippen LogP contribution in [0, 0.1) is 0 Å². The van der Waals surface area contributed by atoms with Crippen LogP contribution in [-0.2, 0) is 6.42 Å². The molecule has 0 unspecified atom stereocenters.